The molecule has 7 nitrogen and oxygen atoms in total. The molecule has 0 spiro atoms. The van der Waals surface area contributed by atoms with E-state index in [1.54, 1.807) is 0 Å². The monoisotopic (exact) mass is 218 g/mol. The van der Waals surface area contributed by atoms with E-state index in [2.05, 4.69) is 9.76 Å². The van der Waals surface area contributed by atoms with E-state index in [9.17, 15) is 14.3 Å². The van der Waals surface area contributed by atoms with Crippen molar-refractivity contribution >= 4 is 22.7 Å². The predicted octanol–water partition coefficient (Wildman–Crippen LogP) is 1.07. The van der Waals surface area contributed by atoms with E-state index in [-0.39, 0.29) is 5.69 Å². The van der Waals surface area contributed by atoms with Crippen molar-refractivity contribution in [2.24, 2.45) is 0 Å². The molecule has 0 aliphatic heterocycles. The molecule has 1 unspecified atom stereocenters. The van der Waals surface area contributed by atoms with Gasteiger partial charge >= 0.3 is 11.4 Å². The first-order valence-electron chi connectivity index (χ1n) is 3.38. The first kappa shape index (κ1) is 10.6. The third kappa shape index (κ3) is 3.09. The molecule has 8 heteroatoms. The molecule has 0 bridgehead atoms. The van der Waals surface area contributed by atoms with Crippen molar-refractivity contribution in [3.05, 3.63) is 34.4 Å². The number of anilines is 1. The summed E-state index contributed by atoms with van der Waals surface area (Å²) in [5.41, 5.74) is 2.41. The van der Waals surface area contributed by atoms with Crippen LogP contribution in [0.4, 0.5) is 11.4 Å². The van der Waals surface area contributed by atoms with E-state index in [0.29, 0.717) is 5.69 Å². The summed E-state index contributed by atoms with van der Waals surface area (Å²) in [4.78, 5) is 9.70. The van der Waals surface area contributed by atoms with Crippen molar-refractivity contribution in [2.75, 3.05) is 5.48 Å². The highest BCUT2D eigenvalue weighted by molar-refractivity contribution is 7.74. The third-order valence-electron chi connectivity index (χ3n) is 1.31. The molecule has 0 aliphatic carbocycles. The molecule has 14 heavy (non-hydrogen) atoms. The van der Waals surface area contributed by atoms with E-state index in [1.165, 1.54) is 24.3 Å². The van der Waals surface area contributed by atoms with Crippen molar-refractivity contribution in [3.8, 4) is 0 Å². The van der Waals surface area contributed by atoms with Gasteiger partial charge in [-0.3, -0.25) is 14.7 Å². The lowest BCUT2D eigenvalue weighted by molar-refractivity contribution is -0.384. The first-order chi connectivity index (χ1) is 6.59. The summed E-state index contributed by atoms with van der Waals surface area (Å²) in [6.07, 6.45) is 0. The summed E-state index contributed by atoms with van der Waals surface area (Å²) in [6, 6.07) is 5.19. The second kappa shape index (κ2) is 4.65. The molecule has 1 aromatic rings. The van der Waals surface area contributed by atoms with Gasteiger partial charge in [-0.25, -0.2) is 5.48 Å². The van der Waals surface area contributed by atoms with Crippen LogP contribution in [0.1, 0.15) is 0 Å². The molecule has 0 amide bonds. The highest BCUT2D eigenvalue weighted by Gasteiger charge is 2.03. The highest BCUT2D eigenvalue weighted by atomic mass is 32.2. The van der Waals surface area contributed by atoms with Crippen molar-refractivity contribution in [3.63, 3.8) is 0 Å². The Labute approximate surface area is 81.3 Å². The number of nitrogens with one attached hydrogen (secondary N) is 1. The Morgan fingerprint density at radius 3 is 2.43 bits per heavy atom. The Balaban J connectivity index is 2.64. The summed E-state index contributed by atoms with van der Waals surface area (Å²) in [5.74, 6) is 0. The molecular formula is C6H6N2O5S. The SMILES string of the molecule is O=[N+]([O-])c1ccc(NOS(=O)O)cc1. The lowest BCUT2D eigenvalue weighted by atomic mass is 10.3. The van der Waals surface area contributed by atoms with Gasteiger partial charge in [-0.15, -0.1) is 4.28 Å². The number of hydrogen-bond donors (Lipinski definition) is 2. The van der Waals surface area contributed by atoms with Crippen LogP contribution in [0.3, 0.4) is 0 Å². The molecule has 0 heterocycles. The molecule has 0 fully saturated rings. The molecule has 0 aliphatic rings. The molecule has 0 radical (unpaired) electrons. The van der Waals surface area contributed by atoms with Crippen LogP contribution in [0.2, 0.25) is 0 Å². The normalized spacial score (nSPS) is 12.1. The van der Waals surface area contributed by atoms with E-state index in [0.717, 1.165) is 0 Å². The number of nitrogens with zero attached hydrogens (tertiary/aromatic N) is 1. The topological polar surface area (TPSA) is 102 Å². The van der Waals surface area contributed by atoms with Gasteiger partial charge in [-0.05, 0) is 12.1 Å². The second-order valence-electron chi connectivity index (χ2n) is 2.21. The lowest BCUT2D eigenvalue weighted by Gasteiger charge is -2.01. The number of nitro groups is 1. The van der Waals surface area contributed by atoms with Crippen molar-refractivity contribution in [1.29, 1.82) is 0 Å². The van der Waals surface area contributed by atoms with Crippen LogP contribution in [-0.4, -0.2) is 13.7 Å². The average Bonchev–Trinajstić information content (AvgIpc) is 2.15. The van der Waals surface area contributed by atoms with Crippen LogP contribution in [0, 0.1) is 10.1 Å². The van der Waals surface area contributed by atoms with Crippen molar-refractivity contribution < 1.29 is 18.0 Å². The number of non-ortho nitro benzene ring substituents is 1. The Morgan fingerprint density at radius 2 is 2.00 bits per heavy atom. The van der Waals surface area contributed by atoms with Crippen molar-refractivity contribution in [1.82, 2.24) is 0 Å². The zero-order chi connectivity index (χ0) is 10.6. The van der Waals surface area contributed by atoms with Gasteiger partial charge in [-0.1, -0.05) is 0 Å². The fraction of sp³-hybridized carbons (Fsp3) is 0. The van der Waals surface area contributed by atoms with E-state index < -0.39 is 16.3 Å². The molecule has 0 aromatic heterocycles. The number of hydrogen-bond acceptors (Lipinski definition) is 5. The molecule has 2 N–H and O–H groups in total. The number of rotatable bonds is 4. The van der Waals surface area contributed by atoms with Gasteiger partial charge < -0.3 is 0 Å². The highest BCUT2D eigenvalue weighted by Crippen LogP contribution is 2.15. The Bertz CT molecular complexity index is 352. The maximum absolute atomic E-state index is 10.2. The third-order valence-corrected chi connectivity index (χ3v) is 1.53. The van der Waals surface area contributed by atoms with Crippen molar-refractivity contribution in [2.45, 2.75) is 0 Å². The van der Waals surface area contributed by atoms with E-state index in [4.69, 9.17) is 4.55 Å². The van der Waals surface area contributed by atoms with Gasteiger partial charge in [0.1, 0.15) is 0 Å². The van der Waals surface area contributed by atoms with Gasteiger partial charge in [0, 0.05) is 12.1 Å². The summed E-state index contributed by atoms with van der Waals surface area (Å²) >= 11 is -2.43. The minimum absolute atomic E-state index is 0.0688. The molecule has 1 rings (SSSR count). The van der Waals surface area contributed by atoms with E-state index >= 15 is 0 Å². The van der Waals surface area contributed by atoms with Gasteiger partial charge in [0.05, 0.1) is 10.6 Å². The minimum atomic E-state index is -2.43. The molecule has 76 valence electrons. The van der Waals surface area contributed by atoms with Crippen LogP contribution in [-0.2, 0) is 15.6 Å². The molecule has 1 atom stereocenters. The lowest BCUT2D eigenvalue weighted by Crippen LogP contribution is -2.03. The predicted molar refractivity (Wildman–Crippen MR) is 48.6 cm³/mol. The molecule has 0 saturated carbocycles. The smallest absolute Gasteiger partial charge is 0.282 e. The van der Waals surface area contributed by atoms with Crippen LogP contribution in [0.25, 0.3) is 0 Å². The molecule has 1 aromatic carbocycles. The first-order valence-corrected chi connectivity index (χ1v) is 4.41. The molecular weight excluding hydrogens is 212 g/mol. The van der Waals surface area contributed by atoms with Crippen LogP contribution in [0.5, 0.6) is 0 Å². The van der Waals surface area contributed by atoms with E-state index in [1.807, 2.05) is 0 Å². The largest absolute Gasteiger partial charge is 0.324 e. The maximum atomic E-state index is 10.2. The Hall–Kier alpha value is -1.51. The van der Waals surface area contributed by atoms with Gasteiger partial charge in [0.25, 0.3) is 5.69 Å². The quantitative estimate of drug-likeness (QED) is 0.445. The van der Waals surface area contributed by atoms with Gasteiger partial charge in [0.15, 0.2) is 0 Å². The standard InChI is InChI=1S/C6H6N2O5S/c9-8(10)6-3-1-5(2-4-6)7-13-14(11)12/h1-4,7H,(H,11,12). The zero-order valence-electron chi connectivity index (χ0n) is 6.75. The van der Waals surface area contributed by atoms with Crippen LogP contribution in [0.15, 0.2) is 24.3 Å². The fourth-order valence-electron chi connectivity index (χ4n) is 0.735. The Kier molecular flexibility index (Phi) is 3.51. The number of benzene rings is 1. The summed E-state index contributed by atoms with van der Waals surface area (Å²) in [6.45, 7) is 0. The maximum Gasteiger partial charge on any atom is 0.324 e. The zero-order valence-corrected chi connectivity index (χ0v) is 7.56. The van der Waals surface area contributed by atoms with Crippen LogP contribution >= 0.6 is 0 Å². The Morgan fingerprint density at radius 1 is 1.43 bits per heavy atom. The average molecular weight is 218 g/mol. The second-order valence-corrected chi connectivity index (χ2v) is 2.81. The number of nitro benzene ring substituents is 1. The minimum Gasteiger partial charge on any atom is -0.282 e. The van der Waals surface area contributed by atoms with Crippen LogP contribution < -0.4 is 5.48 Å². The molecule has 0 saturated heterocycles. The summed E-state index contributed by atoms with van der Waals surface area (Å²) in [5, 5.41) is 10.2. The summed E-state index contributed by atoms with van der Waals surface area (Å²) < 4.78 is 22.4. The van der Waals surface area contributed by atoms with Gasteiger partial charge in [0.2, 0.25) is 0 Å². The fourth-order valence-corrected chi connectivity index (χ4v) is 0.902. The summed E-state index contributed by atoms with van der Waals surface area (Å²) in [7, 11) is 0. The van der Waals surface area contributed by atoms with Gasteiger partial charge in [-0.2, -0.15) is 4.21 Å².